The summed E-state index contributed by atoms with van der Waals surface area (Å²) in [5.74, 6) is 0.858. The second-order valence-corrected chi connectivity index (χ2v) is 7.57. The van der Waals surface area contributed by atoms with Gasteiger partial charge in [-0.2, -0.15) is 0 Å². The smallest absolute Gasteiger partial charge is 0.315 e. The first-order valence-corrected chi connectivity index (χ1v) is 9.63. The summed E-state index contributed by atoms with van der Waals surface area (Å²) in [6, 6.07) is 6.46. The third-order valence-electron chi connectivity index (χ3n) is 4.94. The van der Waals surface area contributed by atoms with E-state index < -0.39 is 0 Å². The summed E-state index contributed by atoms with van der Waals surface area (Å²) >= 11 is 3.49. The van der Waals surface area contributed by atoms with Crippen LogP contribution in [0.15, 0.2) is 22.7 Å². The number of rotatable bonds is 4. The summed E-state index contributed by atoms with van der Waals surface area (Å²) in [6.07, 6.45) is 4.65. The normalized spacial score (nSPS) is 23.9. The zero-order valence-corrected chi connectivity index (χ0v) is 15.8. The molecule has 132 valence electrons. The van der Waals surface area contributed by atoms with E-state index in [2.05, 4.69) is 38.4 Å². The van der Waals surface area contributed by atoms with Crippen LogP contribution in [0, 0.1) is 0 Å². The molecular formula is C18H26BrN3O2. The van der Waals surface area contributed by atoms with Crippen LogP contribution in [-0.4, -0.2) is 43.2 Å². The molecule has 0 aromatic heterocycles. The highest BCUT2D eigenvalue weighted by Crippen LogP contribution is 2.33. The number of halogens is 1. The number of carbonyl (C=O) groups is 1. The summed E-state index contributed by atoms with van der Waals surface area (Å²) in [5, 5.41) is 6.08. The molecule has 0 spiro atoms. The zero-order valence-electron chi connectivity index (χ0n) is 14.2. The molecule has 1 aromatic rings. The third-order valence-corrected chi connectivity index (χ3v) is 5.44. The molecular weight excluding hydrogens is 370 g/mol. The fourth-order valence-corrected chi connectivity index (χ4v) is 3.91. The lowest BCUT2D eigenvalue weighted by molar-refractivity contribution is 0.161. The van der Waals surface area contributed by atoms with Gasteiger partial charge in [0, 0.05) is 35.6 Å². The lowest BCUT2D eigenvalue weighted by Gasteiger charge is -2.33. The summed E-state index contributed by atoms with van der Waals surface area (Å²) in [4.78, 5) is 14.7. The molecule has 2 atom stereocenters. The van der Waals surface area contributed by atoms with E-state index in [-0.39, 0.29) is 12.1 Å². The molecule has 0 bridgehead atoms. The topological polar surface area (TPSA) is 53.6 Å². The van der Waals surface area contributed by atoms with Gasteiger partial charge in [-0.1, -0.05) is 22.4 Å². The number of piperidine rings is 1. The van der Waals surface area contributed by atoms with Crippen LogP contribution in [0.1, 0.15) is 44.2 Å². The fraction of sp³-hybridized carbons (Fsp3) is 0.611. The van der Waals surface area contributed by atoms with Gasteiger partial charge in [-0.15, -0.1) is 0 Å². The molecule has 2 aliphatic rings. The Morgan fingerprint density at radius 2 is 2.25 bits per heavy atom. The van der Waals surface area contributed by atoms with Crippen LogP contribution in [0.25, 0.3) is 0 Å². The van der Waals surface area contributed by atoms with Crippen LogP contribution in [0.4, 0.5) is 4.79 Å². The Labute approximate surface area is 152 Å². The van der Waals surface area contributed by atoms with Gasteiger partial charge >= 0.3 is 6.03 Å². The maximum atomic E-state index is 12.2. The SMILES string of the molecule is C[C@@H]1CCCCN1CCNC(=O)N[C@@H]1CCOc2ccc(Br)cc21. The minimum absolute atomic E-state index is 0.000148. The Morgan fingerprint density at radius 1 is 1.38 bits per heavy atom. The van der Waals surface area contributed by atoms with Crippen molar-refractivity contribution in [3.63, 3.8) is 0 Å². The van der Waals surface area contributed by atoms with E-state index in [0.717, 1.165) is 35.3 Å². The molecule has 24 heavy (non-hydrogen) atoms. The molecule has 0 radical (unpaired) electrons. The van der Waals surface area contributed by atoms with Crippen LogP contribution in [0.3, 0.4) is 0 Å². The molecule has 0 saturated carbocycles. The average molecular weight is 396 g/mol. The predicted octanol–water partition coefficient (Wildman–Crippen LogP) is 3.45. The molecule has 0 aliphatic carbocycles. The quantitative estimate of drug-likeness (QED) is 0.820. The summed E-state index contributed by atoms with van der Waals surface area (Å²) < 4.78 is 6.66. The van der Waals surface area contributed by atoms with Crippen LogP contribution in [-0.2, 0) is 0 Å². The van der Waals surface area contributed by atoms with Crippen molar-refractivity contribution in [3.05, 3.63) is 28.2 Å². The number of amides is 2. The number of hydrogen-bond acceptors (Lipinski definition) is 3. The van der Waals surface area contributed by atoms with E-state index in [9.17, 15) is 4.79 Å². The minimum Gasteiger partial charge on any atom is -0.493 e. The molecule has 2 N–H and O–H groups in total. The molecule has 2 aliphatic heterocycles. The summed E-state index contributed by atoms with van der Waals surface area (Å²) in [6.45, 7) is 5.65. The maximum absolute atomic E-state index is 12.2. The van der Waals surface area contributed by atoms with E-state index in [4.69, 9.17) is 4.74 Å². The van der Waals surface area contributed by atoms with Gasteiger partial charge < -0.3 is 15.4 Å². The van der Waals surface area contributed by atoms with E-state index in [1.54, 1.807) is 0 Å². The lowest BCUT2D eigenvalue weighted by Crippen LogP contribution is -2.45. The number of nitrogens with zero attached hydrogens (tertiary/aromatic N) is 1. The molecule has 1 fully saturated rings. The van der Waals surface area contributed by atoms with Gasteiger partial charge in [-0.05, 0) is 44.5 Å². The largest absolute Gasteiger partial charge is 0.493 e. The zero-order chi connectivity index (χ0) is 16.9. The van der Waals surface area contributed by atoms with Crippen LogP contribution in [0.5, 0.6) is 5.75 Å². The van der Waals surface area contributed by atoms with E-state index in [1.807, 2.05) is 18.2 Å². The van der Waals surface area contributed by atoms with Crippen molar-refractivity contribution in [3.8, 4) is 5.75 Å². The molecule has 5 nitrogen and oxygen atoms in total. The molecule has 1 saturated heterocycles. The number of benzene rings is 1. The van der Waals surface area contributed by atoms with Gasteiger partial charge in [-0.3, -0.25) is 4.90 Å². The average Bonchev–Trinajstić information content (AvgIpc) is 2.57. The summed E-state index contributed by atoms with van der Waals surface area (Å²) in [5.41, 5.74) is 1.04. The van der Waals surface area contributed by atoms with E-state index >= 15 is 0 Å². The van der Waals surface area contributed by atoms with Crippen molar-refractivity contribution in [2.24, 2.45) is 0 Å². The van der Waals surface area contributed by atoms with Crippen LogP contribution >= 0.6 is 15.9 Å². The molecule has 0 unspecified atom stereocenters. The standard InChI is InChI=1S/C18H26BrN3O2/c1-13-4-2-3-9-22(13)10-8-20-18(23)21-16-7-11-24-17-6-5-14(19)12-15(16)17/h5-6,12-13,16H,2-4,7-11H2,1H3,(H2,20,21,23)/t13-,16-/m1/s1. The monoisotopic (exact) mass is 395 g/mol. The third kappa shape index (κ3) is 4.42. The Kier molecular flexibility index (Phi) is 6.00. The molecule has 2 heterocycles. The van der Waals surface area contributed by atoms with Gasteiger partial charge in [-0.25, -0.2) is 4.79 Å². The van der Waals surface area contributed by atoms with Crippen molar-refractivity contribution in [2.45, 2.75) is 44.7 Å². The predicted molar refractivity (Wildman–Crippen MR) is 98.4 cm³/mol. The Morgan fingerprint density at radius 3 is 3.08 bits per heavy atom. The highest BCUT2D eigenvalue weighted by molar-refractivity contribution is 9.10. The number of urea groups is 1. The molecule has 3 rings (SSSR count). The van der Waals surface area contributed by atoms with Crippen molar-refractivity contribution >= 4 is 22.0 Å². The number of likely N-dealkylation sites (tertiary alicyclic amines) is 1. The lowest BCUT2D eigenvalue weighted by atomic mass is 10.0. The van der Waals surface area contributed by atoms with Gasteiger partial charge in [0.2, 0.25) is 0 Å². The first-order valence-electron chi connectivity index (χ1n) is 8.84. The second kappa shape index (κ2) is 8.21. The Hall–Kier alpha value is -1.27. The van der Waals surface area contributed by atoms with E-state index in [0.29, 0.717) is 19.2 Å². The van der Waals surface area contributed by atoms with Crippen molar-refractivity contribution in [1.29, 1.82) is 0 Å². The molecule has 2 amide bonds. The van der Waals surface area contributed by atoms with Crippen LogP contribution < -0.4 is 15.4 Å². The first kappa shape index (κ1) is 17.5. The van der Waals surface area contributed by atoms with Crippen molar-refractivity contribution < 1.29 is 9.53 Å². The minimum atomic E-state index is -0.0995. The highest BCUT2D eigenvalue weighted by Gasteiger charge is 2.23. The maximum Gasteiger partial charge on any atom is 0.315 e. The number of fused-ring (bicyclic) bond motifs is 1. The summed E-state index contributed by atoms with van der Waals surface area (Å²) in [7, 11) is 0. The number of carbonyl (C=O) groups excluding carboxylic acids is 1. The van der Waals surface area contributed by atoms with E-state index in [1.165, 1.54) is 19.3 Å². The number of hydrogen-bond donors (Lipinski definition) is 2. The van der Waals surface area contributed by atoms with Crippen LogP contribution in [0.2, 0.25) is 0 Å². The first-order chi connectivity index (χ1) is 11.6. The highest BCUT2D eigenvalue weighted by atomic mass is 79.9. The van der Waals surface area contributed by atoms with Gasteiger partial charge in [0.25, 0.3) is 0 Å². The number of nitrogens with one attached hydrogen (secondary N) is 2. The van der Waals surface area contributed by atoms with Gasteiger partial charge in [0.15, 0.2) is 0 Å². The van der Waals surface area contributed by atoms with Crippen molar-refractivity contribution in [1.82, 2.24) is 15.5 Å². The van der Waals surface area contributed by atoms with Gasteiger partial charge in [0.05, 0.1) is 12.6 Å². The Balaban J connectivity index is 1.48. The van der Waals surface area contributed by atoms with Gasteiger partial charge in [0.1, 0.15) is 5.75 Å². The number of ether oxygens (including phenoxy) is 1. The molecule has 6 heteroatoms. The molecule has 1 aromatic carbocycles. The second-order valence-electron chi connectivity index (χ2n) is 6.65. The van der Waals surface area contributed by atoms with Crippen molar-refractivity contribution in [2.75, 3.05) is 26.2 Å². The Bertz CT molecular complexity index is 581. The fourth-order valence-electron chi connectivity index (χ4n) is 3.53.